The predicted molar refractivity (Wildman–Crippen MR) is 194 cm³/mol. The van der Waals surface area contributed by atoms with Gasteiger partial charge in [-0.2, -0.15) is 0 Å². The molecule has 1 amide bonds. The van der Waals surface area contributed by atoms with Gasteiger partial charge in [0, 0.05) is 58.8 Å². The Morgan fingerprint density at radius 2 is 1.72 bits per heavy atom. The molecule has 2 fully saturated rings. The van der Waals surface area contributed by atoms with Gasteiger partial charge in [-0.1, -0.05) is 29.3 Å². The van der Waals surface area contributed by atoms with Crippen molar-refractivity contribution < 1.29 is 28.8 Å². The van der Waals surface area contributed by atoms with Crippen LogP contribution in [0.25, 0.3) is 0 Å². The van der Waals surface area contributed by atoms with E-state index >= 15 is 0 Å². The van der Waals surface area contributed by atoms with E-state index in [-0.39, 0.29) is 17.5 Å². The summed E-state index contributed by atoms with van der Waals surface area (Å²) in [7, 11) is 3.33. The number of halogens is 2. The van der Waals surface area contributed by atoms with Crippen molar-refractivity contribution in [2.24, 2.45) is 5.92 Å². The molecule has 0 bridgehead atoms. The van der Waals surface area contributed by atoms with E-state index in [1.165, 1.54) is 6.07 Å². The van der Waals surface area contributed by atoms with Gasteiger partial charge in [0.1, 0.15) is 18.0 Å². The van der Waals surface area contributed by atoms with Gasteiger partial charge in [-0.15, -0.1) is 0 Å². The van der Waals surface area contributed by atoms with Crippen LogP contribution in [0.5, 0.6) is 11.5 Å². The van der Waals surface area contributed by atoms with Crippen molar-refractivity contribution in [1.29, 1.82) is 0 Å². The van der Waals surface area contributed by atoms with Crippen molar-refractivity contribution in [2.75, 3.05) is 53.7 Å². The summed E-state index contributed by atoms with van der Waals surface area (Å²) in [6.07, 6.45) is 6.05. The van der Waals surface area contributed by atoms with Gasteiger partial charge in [-0.25, -0.2) is 0 Å². The average Bonchev–Trinajstić information content (AvgIpc) is 3.93. The molecule has 0 radical (unpaired) electrons. The topological polar surface area (TPSA) is 111 Å². The molecule has 2 aromatic carbocycles. The fourth-order valence-corrected chi connectivity index (χ4v) is 7.29. The fraction of sp³-hybridized carbons (Fsp3) is 0.526. The second kappa shape index (κ2) is 17.9. The van der Waals surface area contributed by atoms with Crippen LogP contribution in [0.4, 0.5) is 0 Å². The second-order valence-electron chi connectivity index (χ2n) is 13.3. The van der Waals surface area contributed by atoms with E-state index in [2.05, 4.69) is 11.4 Å². The molecule has 272 valence electrons. The van der Waals surface area contributed by atoms with Crippen LogP contribution >= 0.6 is 23.2 Å². The van der Waals surface area contributed by atoms with Gasteiger partial charge in [0.2, 0.25) is 5.91 Å². The zero-order chi connectivity index (χ0) is 35.7. The highest BCUT2D eigenvalue weighted by Gasteiger charge is 2.48. The summed E-state index contributed by atoms with van der Waals surface area (Å²) in [5.41, 5.74) is 1.73. The van der Waals surface area contributed by atoms with E-state index in [0.717, 1.165) is 48.1 Å². The van der Waals surface area contributed by atoms with Crippen LogP contribution in [-0.2, 0) is 39.4 Å². The first-order valence-electron chi connectivity index (χ1n) is 17.4. The summed E-state index contributed by atoms with van der Waals surface area (Å²) in [6.45, 7) is 5.41. The first kappa shape index (κ1) is 38.1. The maximum atomic E-state index is 14.4. The van der Waals surface area contributed by atoms with E-state index in [9.17, 15) is 14.7 Å². The Hall–Kier alpha value is -3.12. The van der Waals surface area contributed by atoms with Crippen LogP contribution in [0.15, 0.2) is 53.5 Å². The minimum Gasteiger partial charge on any atom is -0.491 e. The first-order chi connectivity index (χ1) is 24.1. The zero-order valence-corrected chi connectivity index (χ0v) is 30.7. The Kier molecular flexibility index (Phi) is 13.6. The number of aromatic nitrogens is 1. The number of benzene rings is 2. The molecule has 2 aliphatic rings. The number of carbonyl (C=O) groups excluding carboxylic acids is 1. The number of pyridine rings is 1. The van der Waals surface area contributed by atoms with E-state index in [0.29, 0.717) is 86.8 Å². The quantitative estimate of drug-likeness (QED) is 0.165. The van der Waals surface area contributed by atoms with Crippen molar-refractivity contribution in [1.82, 2.24) is 14.8 Å². The van der Waals surface area contributed by atoms with Gasteiger partial charge >= 0.3 is 0 Å². The van der Waals surface area contributed by atoms with Gasteiger partial charge in [0.25, 0.3) is 5.56 Å². The molecular weight excluding hydrogens is 681 g/mol. The minimum absolute atomic E-state index is 0.101. The molecule has 0 spiro atoms. The number of nitrogens with one attached hydrogen (secondary N) is 1. The highest BCUT2D eigenvalue weighted by molar-refractivity contribution is 6.37. The molecule has 1 aliphatic carbocycles. The normalized spacial score (nSPS) is 19.0. The van der Waals surface area contributed by atoms with Crippen LogP contribution in [0.2, 0.25) is 10.0 Å². The van der Waals surface area contributed by atoms with Crippen LogP contribution in [0.1, 0.15) is 54.4 Å². The van der Waals surface area contributed by atoms with Crippen molar-refractivity contribution in [3.8, 4) is 11.5 Å². The highest BCUT2D eigenvalue weighted by Crippen LogP contribution is 2.39. The molecule has 50 heavy (non-hydrogen) atoms. The van der Waals surface area contributed by atoms with Crippen molar-refractivity contribution in [2.45, 2.75) is 70.2 Å². The number of aliphatic hydroxyl groups is 1. The van der Waals surface area contributed by atoms with E-state index in [1.54, 1.807) is 43.2 Å². The number of ether oxygens (including phenoxy) is 4. The Balaban J connectivity index is 1.29. The van der Waals surface area contributed by atoms with Gasteiger partial charge in [0.15, 0.2) is 5.75 Å². The minimum atomic E-state index is -1.49. The molecule has 0 unspecified atom stereocenters. The van der Waals surface area contributed by atoms with Gasteiger partial charge in [-0.05, 0) is 105 Å². The number of rotatable bonds is 18. The molecule has 12 heteroatoms. The zero-order valence-electron chi connectivity index (χ0n) is 29.2. The maximum Gasteiger partial charge on any atom is 0.250 e. The predicted octanol–water partition coefficient (Wildman–Crippen LogP) is 5.53. The van der Waals surface area contributed by atoms with Crippen molar-refractivity contribution in [3.63, 3.8) is 0 Å². The van der Waals surface area contributed by atoms with Crippen LogP contribution in [-0.4, -0.2) is 80.3 Å². The maximum absolute atomic E-state index is 14.4. The largest absolute Gasteiger partial charge is 0.491 e. The molecule has 2 N–H and O–H groups in total. The number of hydrogen-bond donors (Lipinski definition) is 2. The van der Waals surface area contributed by atoms with Gasteiger partial charge < -0.3 is 38.8 Å². The third-order valence-corrected chi connectivity index (χ3v) is 9.92. The molecule has 1 aromatic heterocycles. The standard InChI is InChI=1S/C38H49Cl2N3O7/c1-26-18-33(39)36(34(40)19-26)50-15-5-12-42-13-9-29(23-35(42)44)38(46)10-11-41-24-32(38)37(45)43(30-7-8-30)25-28-20-27(6-4-14-47-2)21-31(22-28)49-17-16-48-3/h9,13,18-23,30,32,41,46H,4-8,10-12,14-17,24-25H2,1-3H3/t32-,38+/m1/s1. The SMILES string of the molecule is COCCCc1cc(CN(C(=O)[C@H]2CNCC[C@]2(O)c2ccn(CCCOc3c(Cl)cc(C)cc3Cl)c(=O)c2)C2CC2)cc(OCCOC)c1. The molecule has 3 aromatic rings. The summed E-state index contributed by atoms with van der Waals surface area (Å²) in [5.74, 6) is 0.285. The number of methoxy groups -OCH3 is 2. The average molecular weight is 731 g/mol. The lowest BCUT2D eigenvalue weighted by atomic mass is 9.76. The lowest BCUT2D eigenvalue weighted by Gasteiger charge is -2.42. The number of nitrogens with zero attached hydrogens (tertiary/aromatic N) is 2. The molecular formula is C38H49Cl2N3O7. The fourth-order valence-electron chi connectivity index (χ4n) is 6.58. The van der Waals surface area contributed by atoms with Crippen LogP contribution in [0.3, 0.4) is 0 Å². The molecule has 1 saturated carbocycles. The first-order valence-corrected chi connectivity index (χ1v) is 18.1. The number of carbonyl (C=O) groups is 1. The summed E-state index contributed by atoms with van der Waals surface area (Å²) < 4.78 is 23.8. The molecule has 2 atom stereocenters. The Morgan fingerprint density at radius 1 is 0.980 bits per heavy atom. The number of amides is 1. The summed E-state index contributed by atoms with van der Waals surface area (Å²) >= 11 is 12.6. The Bertz CT molecular complexity index is 1610. The summed E-state index contributed by atoms with van der Waals surface area (Å²) in [4.78, 5) is 29.6. The third-order valence-electron chi connectivity index (χ3n) is 9.35. The summed E-state index contributed by atoms with van der Waals surface area (Å²) in [6, 6.07) is 13.1. The number of piperidine rings is 1. The van der Waals surface area contributed by atoms with E-state index in [4.69, 9.17) is 42.1 Å². The molecule has 1 saturated heterocycles. The summed E-state index contributed by atoms with van der Waals surface area (Å²) in [5, 5.41) is 16.4. The molecule has 5 rings (SSSR count). The van der Waals surface area contributed by atoms with Gasteiger partial charge in [0.05, 0.1) is 29.2 Å². The van der Waals surface area contributed by atoms with Crippen LogP contribution < -0.4 is 20.3 Å². The molecule has 10 nitrogen and oxygen atoms in total. The Morgan fingerprint density at radius 3 is 2.42 bits per heavy atom. The highest BCUT2D eigenvalue weighted by atomic mass is 35.5. The lowest BCUT2D eigenvalue weighted by Crippen LogP contribution is -2.55. The van der Waals surface area contributed by atoms with E-state index < -0.39 is 11.5 Å². The second-order valence-corrected chi connectivity index (χ2v) is 14.1. The smallest absolute Gasteiger partial charge is 0.250 e. The van der Waals surface area contributed by atoms with Crippen molar-refractivity contribution in [3.05, 3.63) is 91.3 Å². The Labute approximate surface area is 304 Å². The molecule has 2 heterocycles. The lowest BCUT2D eigenvalue weighted by molar-refractivity contribution is -0.150. The van der Waals surface area contributed by atoms with Crippen LogP contribution in [0, 0.1) is 12.8 Å². The van der Waals surface area contributed by atoms with Gasteiger partial charge in [-0.3, -0.25) is 9.59 Å². The number of aryl methyl sites for hydroxylation is 3. The van der Waals surface area contributed by atoms with E-state index in [1.807, 2.05) is 24.0 Å². The van der Waals surface area contributed by atoms with Crippen molar-refractivity contribution >= 4 is 29.1 Å². The third kappa shape index (κ3) is 9.80. The molecule has 1 aliphatic heterocycles. The number of hydrogen-bond acceptors (Lipinski definition) is 8. The monoisotopic (exact) mass is 729 g/mol.